The Labute approximate surface area is 358 Å². The molecule has 0 saturated carbocycles. The molecule has 10 aromatic rings. The minimum absolute atomic E-state index is 0. The Kier molecular flexibility index (Phi) is 12.9. The largest absolute Gasteiger partial charge is 1.00 e. The molecule has 0 atom stereocenters. The molecule has 4 heteroatoms. The van der Waals surface area contributed by atoms with Crippen molar-refractivity contribution >= 4 is 70.1 Å². The number of aryl methyl sites for hydroxylation is 4. The summed E-state index contributed by atoms with van der Waals surface area (Å²) in [5.41, 5.74) is 10.9. The normalized spacial score (nSPS) is 10.9. The molecule has 0 fully saturated rings. The summed E-state index contributed by atoms with van der Waals surface area (Å²) in [4.78, 5) is 0. The van der Waals surface area contributed by atoms with Gasteiger partial charge in [0.2, 0.25) is 0 Å². The average molecular weight is 859 g/mol. The number of benzene rings is 8. The van der Waals surface area contributed by atoms with Crippen molar-refractivity contribution in [3.63, 3.8) is 0 Å². The van der Waals surface area contributed by atoms with Crippen LogP contribution in [0.25, 0.3) is 86.9 Å². The fourth-order valence-corrected chi connectivity index (χ4v) is 8.17. The predicted molar refractivity (Wildman–Crippen MR) is 236 cm³/mol. The molecule has 0 unspecified atom stereocenters. The van der Waals surface area contributed by atoms with Crippen molar-refractivity contribution in [2.75, 3.05) is 0 Å². The summed E-state index contributed by atoms with van der Waals surface area (Å²) >= 11 is 1.74. The molecular formula is C52H44Cl2SiZr-2. The van der Waals surface area contributed by atoms with Gasteiger partial charge in [-0.05, 0) is 92.3 Å². The molecule has 276 valence electrons. The third-order valence-corrected chi connectivity index (χ3v) is 10.5. The molecule has 0 aliphatic carbocycles. The van der Waals surface area contributed by atoms with E-state index in [0.717, 1.165) is 0 Å². The zero-order valence-corrected chi connectivity index (χ0v) is 37.7. The topological polar surface area (TPSA) is 0 Å². The van der Waals surface area contributed by atoms with E-state index >= 15 is 0 Å². The Morgan fingerprint density at radius 3 is 1.11 bits per heavy atom. The van der Waals surface area contributed by atoms with Crippen LogP contribution in [-0.4, -0.2) is 5.43 Å². The van der Waals surface area contributed by atoms with Crippen LogP contribution in [0.5, 0.6) is 0 Å². The summed E-state index contributed by atoms with van der Waals surface area (Å²) in [6, 6.07) is 58.0. The van der Waals surface area contributed by atoms with Gasteiger partial charge in [-0.1, -0.05) is 121 Å². The van der Waals surface area contributed by atoms with Gasteiger partial charge in [-0.25, -0.2) is 0 Å². The molecule has 10 aromatic carbocycles. The summed E-state index contributed by atoms with van der Waals surface area (Å²) in [7, 11) is 0. The van der Waals surface area contributed by atoms with E-state index in [1.54, 1.807) is 23.3 Å². The number of halogens is 2. The van der Waals surface area contributed by atoms with Gasteiger partial charge < -0.3 is 24.8 Å². The second-order valence-electron chi connectivity index (χ2n) is 15.0. The summed E-state index contributed by atoms with van der Waals surface area (Å²) < 4.78 is 0. The van der Waals surface area contributed by atoms with Crippen LogP contribution in [0.1, 0.15) is 22.3 Å². The smallest absolute Gasteiger partial charge is 0.0107 e. The van der Waals surface area contributed by atoms with Crippen LogP contribution < -0.4 is 24.8 Å². The van der Waals surface area contributed by atoms with Gasteiger partial charge in [0.1, 0.15) is 0 Å². The number of hydrogen-bond donors (Lipinski definition) is 0. The van der Waals surface area contributed by atoms with Crippen molar-refractivity contribution in [3.05, 3.63) is 180 Å². The first-order valence-corrected chi connectivity index (χ1v) is 25.0. The van der Waals surface area contributed by atoms with E-state index in [1.165, 1.54) is 109 Å². The van der Waals surface area contributed by atoms with Crippen molar-refractivity contribution in [2.45, 2.75) is 40.8 Å². The molecule has 0 aliphatic rings. The van der Waals surface area contributed by atoms with Gasteiger partial charge in [-0.15, -0.1) is 69.1 Å². The fourth-order valence-electron chi connectivity index (χ4n) is 8.17. The quantitative estimate of drug-likeness (QED) is 0.0926. The Morgan fingerprint density at radius 1 is 0.393 bits per heavy atom. The van der Waals surface area contributed by atoms with E-state index in [-0.39, 0.29) is 30.2 Å². The maximum atomic E-state index is 2.34. The molecule has 0 nitrogen and oxygen atoms in total. The number of rotatable bonds is 2. The SMILES string of the molecule is C[Si](C)=[Zr+2].Cc1cc2c(-c3cccc4cc5ccccc5cc34)c(C)ccc2[cH-]1.Cc1cc2c(-c3cccc4cc5ccccc5cc34)c(C)ccc2[cH-]1.[Cl-].[Cl-]. The van der Waals surface area contributed by atoms with Gasteiger partial charge in [-0.3, -0.25) is 0 Å². The van der Waals surface area contributed by atoms with Crippen LogP contribution >= 0.6 is 0 Å². The van der Waals surface area contributed by atoms with Crippen LogP contribution in [-0.2, 0) is 23.3 Å². The summed E-state index contributed by atoms with van der Waals surface area (Å²) in [6.07, 6.45) is 0. The Hall–Kier alpha value is -4.30. The Balaban J connectivity index is 0.000000168. The third-order valence-electron chi connectivity index (χ3n) is 10.5. The van der Waals surface area contributed by atoms with E-state index in [1.807, 2.05) is 0 Å². The molecule has 0 radical (unpaired) electrons. The molecule has 10 rings (SSSR count). The van der Waals surface area contributed by atoms with Gasteiger partial charge in [0.15, 0.2) is 0 Å². The molecule has 0 heterocycles. The van der Waals surface area contributed by atoms with E-state index in [0.29, 0.717) is 0 Å². The van der Waals surface area contributed by atoms with Gasteiger partial charge in [0.05, 0.1) is 0 Å². The maximum Gasteiger partial charge on any atom is -0.0107 e. The number of fused-ring (bicyclic) bond motifs is 6. The van der Waals surface area contributed by atoms with Gasteiger partial charge in [-0.2, -0.15) is 12.1 Å². The van der Waals surface area contributed by atoms with Crippen LogP contribution in [0.2, 0.25) is 13.1 Å². The van der Waals surface area contributed by atoms with Crippen LogP contribution in [0.4, 0.5) is 0 Å². The van der Waals surface area contributed by atoms with Crippen molar-refractivity contribution in [1.82, 2.24) is 0 Å². The molecule has 0 spiro atoms. The molecule has 0 saturated heterocycles. The first-order valence-electron chi connectivity index (χ1n) is 18.8. The van der Waals surface area contributed by atoms with Gasteiger partial charge in [0, 0.05) is 0 Å². The second kappa shape index (κ2) is 17.5. The summed E-state index contributed by atoms with van der Waals surface area (Å²) in [5, 5.41) is 15.8. The molecule has 0 aliphatic heterocycles. The molecule has 0 N–H and O–H groups in total. The Bertz CT molecular complexity index is 2830. The summed E-state index contributed by atoms with van der Waals surface area (Å²) in [5.74, 6) is 0. The van der Waals surface area contributed by atoms with Crippen molar-refractivity contribution in [1.29, 1.82) is 0 Å². The second-order valence-corrected chi connectivity index (χ2v) is 24.4. The standard InChI is InChI=1S/2C25H19.C2H6Si.2ClH.Zr/c2*1-16-12-21-11-10-17(2)25(24(21)13-16)22-9-5-8-20-14-18-6-3-4-7-19(18)15-23(20)22;1-3-2;;;/h2*3-15H,1-2H3;1-2H3;2*1H;/q2*-1;;;;+2/p-2. The maximum absolute atomic E-state index is 2.34. The molecule has 0 aromatic heterocycles. The molecular weight excluding hydrogens is 815 g/mol. The van der Waals surface area contributed by atoms with Crippen molar-refractivity contribution in [2.24, 2.45) is 0 Å². The summed E-state index contributed by atoms with van der Waals surface area (Å²) in [6.45, 7) is 13.4. The monoisotopic (exact) mass is 856 g/mol. The third kappa shape index (κ3) is 8.23. The predicted octanol–water partition coefficient (Wildman–Crippen LogP) is 9.09. The average Bonchev–Trinajstić information content (AvgIpc) is 3.73. The molecule has 0 amide bonds. The van der Waals surface area contributed by atoms with E-state index in [9.17, 15) is 0 Å². The van der Waals surface area contributed by atoms with Crippen LogP contribution in [0.15, 0.2) is 158 Å². The van der Waals surface area contributed by atoms with Crippen molar-refractivity contribution in [3.8, 4) is 22.3 Å². The molecule has 56 heavy (non-hydrogen) atoms. The van der Waals surface area contributed by atoms with Gasteiger partial charge in [0.25, 0.3) is 0 Å². The van der Waals surface area contributed by atoms with Crippen LogP contribution in [0, 0.1) is 27.7 Å². The van der Waals surface area contributed by atoms with E-state index in [2.05, 4.69) is 199 Å². The first kappa shape index (κ1) is 41.3. The minimum Gasteiger partial charge on any atom is -1.00 e. The van der Waals surface area contributed by atoms with Crippen molar-refractivity contribution < 1.29 is 48.1 Å². The Morgan fingerprint density at radius 2 is 0.732 bits per heavy atom. The van der Waals surface area contributed by atoms with E-state index in [4.69, 9.17) is 0 Å². The van der Waals surface area contributed by atoms with Gasteiger partial charge >= 0.3 is 41.9 Å². The molecule has 0 bridgehead atoms. The zero-order chi connectivity index (χ0) is 37.5. The number of hydrogen-bond acceptors (Lipinski definition) is 0. The fraction of sp³-hybridized carbons (Fsp3) is 0.115. The zero-order valence-electron chi connectivity index (χ0n) is 32.8. The van der Waals surface area contributed by atoms with E-state index < -0.39 is 0 Å². The minimum atomic E-state index is 0. The van der Waals surface area contributed by atoms with Crippen LogP contribution in [0.3, 0.4) is 0 Å². The first-order chi connectivity index (χ1) is 26.1.